The standard InChI is InChI=1S/C18H14ClF4N3O2S/c1-26-9-8-24-17(26)16(11-2-5-13(20)6-3-11)25-29(27,28)15-10-12(18(21,22)23)4-7-14(15)19/h2-10,16,25H,1H3. The van der Waals surface area contributed by atoms with Crippen LogP contribution in [0.2, 0.25) is 5.02 Å². The van der Waals surface area contributed by atoms with Crippen LogP contribution in [0.1, 0.15) is 23.0 Å². The number of nitrogens with one attached hydrogen (secondary N) is 1. The Bertz CT molecular complexity index is 1130. The number of aryl methyl sites for hydroxylation is 1. The molecule has 2 aromatic carbocycles. The Morgan fingerprint density at radius 2 is 1.79 bits per heavy atom. The molecule has 0 aliphatic rings. The van der Waals surface area contributed by atoms with Crippen LogP contribution in [0.5, 0.6) is 0 Å². The molecule has 11 heteroatoms. The van der Waals surface area contributed by atoms with Gasteiger partial charge in [-0.05, 0) is 35.9 Å². The summed E-state index contributed by atoms with van der Waals surface area (Å²) in [7, 11) is -2.89. The van der Waals surface area contributed by atoms with E-state index in [4.69, 9.17) is 11.6 Å². The molecule has 1 atom stereocenters. The third kappa shape index (κ3) is 4.60. The second-order valence-corrected chi connectivity index (χ2v) is 8.23. The summed E-state index contributed by atoms with van der Waals surface area (Å²) in [6.07, 6.45) is -1.75. The molecule has 0 saturated carbocycles. The van der Waals surface area contributed by atoms with Crippen LogP contribution < -0.4 is 4.72 Å². The molecule has 1 N–H and O–H groups in total. The largest absolute Gasteiger partial charge is 0.416 e. The average Bonchev–Trinajstić information content (AvgIpc) is 3.05. The highest BCUT2D eigenvalue weighted by atomic mass is 35.5. The van der Waals surface area contributed by atoms with E-state index in [1.165, 1.54) is 22.9 Å². The van der Waals surface area contributed by atoms with Crippen LogP contribution in [-0.2, 0) is 23.2 Å². The molecule has 3 aromatic rings. The molecule has 0 spiro atoms. The van der Waals surface area contributed by atoms with Crippen molar-refractivity contribution in [1.82, 2.24) is 14.3 Å². The third-order valence-corrected chi connectivity index (χ3v) is 6.05. The van der Waals surface area contributed by atoms with Crippen molar-refractivity contribution in [2.75, 3.05) is 0 Å². The maximum absolute atomic E-state index is 13.3. The van der Waals surface area contributed by atoms with E-state index < -0.39 is 38.5 Å². The zero-order chi connectivity index (χ0) is 21.4. The third-order valence-electron chi connectivity index (χ3n) is 4.14. The van der Waals surface area contributed by atoms with Crippen molar-refractivity contribution in [2.45, 2.75) is 17.1 Å². The van der Waals surface area contributed by atoms with Crippen LogP contribution in [0.15, 0.2) is 59.8 Å². The number of rotatable bonds is 5. The van der Waals surface area contributed by atoms with Crippen molar-refractivity contribution in [3.63, 3.8) is 0 Å². The summed E-state index contributed by atoms with van der Waals surface area (Å²) in [5.74, 6) is -0.278. The number of imidazole rings is 1. The first-order valence-corrected chi connectivity index (χ1v) is 9.97. The molecule has 0 fully saturated rings. The van der Waals surface area contributed by atoms with E-state index in [1.807, 2.05) is 0 Å². The molecule has 5 nitrogen and oxygen atoms in total. The molecule has 1 aromatic heterocycles. The summed E-state index contributed by atoms with van der Waals surface area (Å²) in [6, 6.07) is 5.91. The zero-order valence-electron chi connectivity index (χ0n) is 14.8. The maximum Gasteiger partial charge on any atom is 0.416 e. The molecule has 0 aliphatic heterocycles. The van der Waals surface area contributed by atoms with Gasteiger partial charge in [0.05, 0.1) is 10.6 Å². The summed E-state index contributed by atoms with van der Waals surface area (Å²) < 4.78 is 82.1. The van der Waals surface area contributed by atoms with Crippen LogP contribution in [0.3, 0.4) is 0 Å². The predicted octanol–water partition coefficient (Wildman–Crippen LogP) is 4.30. The van der Waals surface area contributed by atoms with Gasteiger partial charge in [0.2, 0.25) is 10.0 Å². The van der Waals surface area contributed by atoms with Crippen molar-refractivity contribution < 1.29 is 26.0 Å². The number of sulfonamides is 1. The molecular formula is C18H14ClF4N3O2S. The Morgan fingerprint density at radius 3 is 2.34 bits per heavy atom. The fraction of sp³-hybridized carbons (Fsp3) is 0.167. The summed E-state index contributed by atoms with van der Waals surface area (Å²) >= 11 is 5.88. The SMILES string of the molecule is Cn1ccnc1C(NS(=O)(=O)c1cc(C(F)(F)F)ccc1Cl)c1ccc(F)cc1. The van der Waals surface area contributed by atoms with Gasteiger partial charge in [-0.25, -0.2) is 17.8 Å². The van der Waals surface area contributed by atoms with Crippen molar-refractivity contribution in [3.8, 4) is 0 Å². The van der Waals surface area contributed by atoms with Crippen LogP contribution in [0.4, 0.5) is 17.6 Å². The molecule has 1 heterocycles. The Hall–Kier alpha value is -2.43. The van der Waals surface area contributed by atoms with Crippen molar-refractivity contribution in [2.24, 2.45) is 7.05 Å². The van der Waals surface area contributed by atoms with Crippen LogP contribution in [-0.4, -0.2) is 18.0 Å². The minimum atomic E-state index is -4.75. The first-order valence-electron chi connectivity index (χ1n) is 8.11. The predicted molar refractivity (Wildman–Crippen MR) is 98.2 cm³/mol. The quantitative estimate of drug-likeness (QED) is 0.593. The second-order valence-electron chi connectivity index (χ2n) is 6.15. The number of benzene rings is 2. The zero-order valence-corrected chi connectivity index (χ0v) is 16.4. The van der Waals surface area contributed by atoms with Gasteiger partial charge in [-0.15, -0.1) is 0 Å². The van der Waals surface area contributed by atoms with E-state index in [-0.39, 0.29) is 10.8 Å². The van der Waals surface area contributed by atoms with E-state index in [1.54, 1.807) is 13.2 Å². The highest BCUT2D eigenvalue weighted by molar-refractivity contribution is 7.89. The van der Waals surface area contributed by atoms with E-state index in [0.717, 1.165) is 18.2 Å². The molecule has 0 amide bonds. The van der Waals surface area contributed by atoms with Crippen molar-refractivity contribution in [3.05, 3.63) is 82.6 Å². The number of alkyl halides is 3. The summed E-state index contributed by atoms with van der Waals surface area (Å²) in [6.45, 7) is 0. The number of hydrogen-bond donors (Lipinski definition) is 1. The molecule has 29 heavy (non-hydrogen) atoms. The summed E-state index contributed by atoms with van der Waals surface area (Å²) in [5, 5.41) is -0.372. The fourth-order valence-corrected chi connectivity index (χ4v) is 4.39. The minimum absolute atomic E-state index is 0.253. The lowest BCUT2D eigenvalue weighted by atomic mass is 10.1. The van der Waals surface area contributed by atoms with E-state index in [9.17, 15) is 26.0 Å². The monoisotopic (exact) mass is 447 g/mol. The number of hydrogen-bond acceptors (Lipinski definition) is 3. The Kier molecular flexibility index (Phi) is 5.70. The van der Waals surface area contributed by atoms with Crippen LogP contribution in [0.25, 0.3) is 0 Å². The Balaban J connectivity index is 2.08. The first-order chi connectivity index (χ1) is 13.5. The second kappa shape index (κ2) is 7.77. The lowest BCUT2D eigenvalue weighted by Crippen LogP contribution is -2.31. The Labute approximate surface area is 169 Å². The Morgan fingerprint density at radius 1 is 1.14 bits per heavy atom. The minimum Gasteiger partial charge on any atom is -0.336 e. The van der Waals surface area contributed by atoms with Gasteiger partial charge in [0.25, 0.3) is 0 Å². The molecule has 0 aliphatic carbocycles. The summed E-state index contributed by atoms with van der Waals surface area (Å²) in [5.41, 5.74) is -0.815. The normalized spacial score (nSPS) is 13.4. The lowest BCUT2D eigenvalue weighted by Gasteiger charge is -2.20. The molecular weight excluding hydrogens is 434 g/mol. The topological polar surface area (TPSA) is 64.0 Å². The molecule has 1 unspecified atom stereocenters. The van der Waals surface area contributed by atoms with Crippen LogP contribution in [0, 0.1) is 5.82 Å². The van der Waals surface area contributed by atoms with Crippen molar-refractivity contribution >= 4 is 21.6 Å². The number of halogens is 5. The molecule has 0 saturated heterocycles. The van der Waals surface area contributed by atoms with Gasteiger partial charge in [0.15, 0.2) is 0 Å². The molecule has 3 rings (SSSR count). The summed E-state index contributed by atoms with van der Waals surface area (Å²) in [4.78, 5) is 3.37. The lowest BCUT2D eigenvalue weighted by molar-refractivity contribution is -0.137. The number of aromatic nitrogens is 2. The molecule has 0 radical (unpaired) electrons. The number of nitrogens with zero attached hydrogens (tertiary/aromatic N) is 2. The molecule has 0 bridgehead atoms. The molecule has 154 valence electrons. The average molecular weight is 448 g/mol. The maximum atomic E-state index is 13.3. The van der Waals surface area contributed by atoms with Crippen LogP contribution >= 0.6 is 11.6 Å². The van der Waals surface area contributed by atoms with E-state index >= 15 is 0 Å². The van der Waals surface area contributed by atoms with Gasteiger partial charge in [-0.3, -0.25) is 0 Å². The van der Waals surface area contributed by atoms with Crippen molar-refractivity contribution in [1.29, 1.82) is 0 Å². The van der Waals surface area contributed by atoms with Gasteiger partial charge in [-0.2, -0.15) is 17.9 Å². The van der Waals surface area contributed by atoms with Gasteiger partial charge >= 0.3 is 6.18 Å². The van der Waals surface area contributed by atoms with Gasteiger partial charge in [0, 0.05) is 19.4 Å². The highest BCUT2D eigenvalue weighted by Gasteiger charge is 2.34. The van der Waals surface area contributed by atoms with E-state index in [0.29, 0.717) is 17.7 Å². The fourth-order valence-electron chi connectivity index (χ4n) is 2.68. The smallest absolute Gasteiger partial charge is 0.336 e. The first kappa shape index (κ1) is 21.3. The van der Waals surface area contributed by atoms with Gasteiger partial charge < -0.3 is 4.57 Å². The van der Waals surface area contributed by atoms with Gasteiger partial charge in [-0.1, -0.05) is 23.7 Å². The van der Waals surface area contributed by atoms with E-state index in [2.05, 4.69) is 9.71 Å². The van der Waals surface area contributed by atoms with Gasteiger partial charge in [0.1, 0.15) is 22.6 Å². The highest BCUT2D eigenvalue weighted by Crippen LogP contribution is 2.34.